The molecular weight excluding hydrogens is 400 g/mol. The van der Waals surface area contributed by atoms with Crippen molar-refractivity contribution >= 4 is 34.0 Å². The average molecular weight is 425 g/mol. The number of para-hydroxylation sites is 1. The molecule has 3 rings (SSSR count). The van der Waals surface area contributed by atoms with Crippen LogP contribution in [0, 0.1) is 6.92 Å². The van der Waals surface area contributed by atoms with Crippen LogP contribution in [0.3, 0.4) is 0 Å². The predicted octanol–water partition coefficient (Wildman–Crippen LogP) is 4.40. The van der Waals surface area contributed by atoms with Crippen LogP contribution < -0.4 is 15.4 Å². The molecule has 0 atom stereocenters. The van der Waals surface area contributed by atoms with E-state index in [1.165, 1.54) is 18.4 Å². The monoisotopic (exact) mass is 424 g/mol. The van der Waals surface area contributed by atoms with Gasteiger partial charge < -0.3 is 15.0 Å². The Hall–Kier alpha value is -3.23. The zero-order valence-electron chi connectivity index (χ0n) is 17.4. The number of anilines is 2. The summed E-state index contributed by atoms with van der Waals surface area (Å²) in [6.45, 7) is 2.58. The molecule has 0 aliphatic rings. The molecule has 2 aromatic carbocycles. The van der Waals surface area contributed by atoms with Gasteiger partial charge >= 0.3 is 6.03 Å². The maximum atomic E-state index is 13.2. The lowest BCUT2D eigenvalue weighted by Gasteiger charge is -2.13. The molecule has 0 saturated heterocycles. The van der Waals surface area contributed by atoms with E-state index in [1.54, 1.807) is 36.4 Å². The van der Waals surface area contributed by atoms with Crippen molar-refractivity contribution in [3.8, 4) is 5.75 Å². The van der Waals surface area contributed by atoms with Crippen LogP contribution in [0.1, 0.15) is 27.2 Å². The van der Waals surface area contributed by atoms with Gasteiger partial charge in [-0.25, -0.2) is 9.78 Å². The number of benzene rings is 2. The highest BCUT2D eigenvalue weighted by Gasteiger charge is 2.19. The van der Waals surface area contributed by atoms with E-state index in [0.717, 1.165) is 11.3 Å². The summed E-state index contributed by atoms with van der Waals surface area (Å²) in [5.74, 6) is 0.254. The predicted molar refractivity (Wildman–Crippen MR) is 120 cm³/mol. The Kier molecular flexibility index (Phi) is 6.81. The molecule has 2 amide bonds. The third kappa shape index (κ3) is 5.22. The van der Waals surface area contributed by atoms with E-state index < -0.39 is 6.03 Å². The second-order valence-corrected chi connectivity index (χ2v) is 7.90. The number of aromatic nitrogens is 1. The van der Waals surface area contributed by atoms with Gasteiger partial charge in [-0.2, -0.15) is 0 Å². The van der Waals surface area contributed by atoms with Gasteiger partial charge in [-0.15, -0.1) is 11.3 Å². The van der Waals surface area contributed by atoms with E-state index in [-0.39, 0.29) is 5.78 Å². The summed E-state index contributed by atoms with van der Waals surface area (Å²) in [5.41, 5.74) is 3.03. The van der Waals surface area contributed by atoms with Gasteiger partial charge in [0.2, 0.25) is 0 Å². The number of amides is 2. The van der Waals surface area contributed by atoms with Crippen molar-refractivity contribution in [1.29, 1.82) is 0 Å². The molecule has 0 aliphatic heterocycles. The number of aryl methyl sites for hydroxylation is 1. The average Bonchev–Trinajstić information content (AvgIpc) is 3.14. The first-order chi connectivity index (χ1) is 14.4. The molecule has 3 aromatic rings. The fraction of sp³-hybridized carbons (Fsp3) is 0.227. The summed E-state index contributed by atoms with van der Waals surface area (Å²) in [7, 11) is 5.43. The Morgan fingerprint density at radius 2 is 1.87 bits per heavy atom. The maximum absolute atomic E-state index is 13.2. The number of carbonyl (C=O) groups excluding carboxylic acids is 2. The van der Waals surface area contributed by atoms with Crippen molar-refractivity contribution in [1.82, 2.24) is 9.88 Å². The summed E-state index contributed by atoms with van der Waals surface area (Å²) >= 11 is 1.35. The topological polar surface area (TPSA) is 83.6 Å². The largest absolute Gasteiger partial charge is 0.496 e. The molecule has 0 fully saturated rings. The minimum Gasteiger partial charge on any atom is -0.496 e. The number of carbonyl (C=O) groups is 2. The van der Waals surface area contributed by atoms with E-state index in [9.17, 15) is 9.59 Å². The first kappa shape index (κ1) is 21.5. The van der Waals surface area contributed by atoms with Crippen LogP contribution in [0.15, 0.2) is 47.8 Å². The van der Waals surface area contributed by atoms with Gasteiger partial charge in [0.05, 0.1) is 24.1 Å². The van der Waals surface area contributed by atoms with E-state index in [4.69, 9.17) is 4.74 Å². The molecule has 156 valence electrons. The van der Waals surface area contributed by atoms with Gasteiger partial charge in [0.25, 0.3) is 0 Å². The Morgan fingerprint density at radius 3 is 2.60 bits per heavy atom. The molecule has 2 N–H and O–H groups in total. The summed E-state index contributed by atoms with van der Waals surface area (Å²) in [6, 6.07) is 11.9. The molecule has 0 radical (unpaired) electrons. The number of methoxy groups -OCH3 is 1. The summed E-state index contributed by atoms with van der Waals surface area (Å²) < 4.78 is 5.32. The quantitative estimate of drug-likeness (QED) is 0.550. The normalized spacial score (nSPS) is 10.7. The second-order valence-electron chi connectivity index (χ2n) is 7.04. The Labute approximate surface area is 179 Å². The van der Waals surface area contributed by atoms with Crippen molar-refractivity contribution in [3.05, 3.63) is 70.2 Å². The lowest BCUT2D eigenvalue weighted by atomic mass is 9.99. The van der Waals surface area contributed by atoms with Crippen LogP contribution >= 0.6 is 11.3 Å². The standard InChI is InChI=1S/C22H24N4O3S/c1-14-9-10-18(17(11-14)20(27)16-7-5-6-8-19(16)29-4)24-21(28)25-22-23-15(13-30-22)12-26(2)3/h5-11,13H,12H2,1-4H3,(H2,23,24,25,28). The van der Waals surface area contributed by atoms with E-state index >= 15 is 0 Å². The van der Waals surface area contributed by atoms with Gasteiger partial charge in [0.1, 0.15) is 5.75 Å². The number of ketones is 1. The smallest absolute Gasteiger partial charge is 0.325 e. The highest BCUT2D eigenvalue weighted by atomic mass is 32.1. The molecule has 0 unspecified atom stereocenters. The van der Waals surface area contributed by atoms with Crippen LogP contribution in [0.4, 0.5) is 15.6 Å². The molecule has 0 aliphatic carbocycles. The first-order valence-corrected chi connectivity index (χ1v) is 10.2. The molecule has 0 bridgehead atoms. The van der Waals surface area contributed by atoms with Gasteiger partial charge in [-0.3, -0.25) is 10.1 Å². The molecule has 7 nitrogen and oxygen atoms in total. The van der Waals surface area contributed by atoms with Crippen LogP contribution in [0.5, 0.6) is 5.75 Å². The number of hydrogen-bond acceptors (Lipinski definition) is 6. The number of nitrogens with zero attached hydrogens (tertiary/aromatic N) is 2. The van der Waals surface area contributed by atoms with E-state index in [0.29, 0.717) is 34.2 Å². The molecule has 30 heavy (non-hydrogen) atoms. The van der Waals surface area contributed by atoms with Crippen molar-refractivity contribution in [2.45, 2.75) is 13.5 Å². The molecule has 8 heteroatoms. The van der Waals surface area contributed by atoms with Crippen LogP contribution in [0.25, 0.3) is 0 Å². The molecule has 0 saturated carbocycles. The minimum atomic E-state index is -0.460. The SMILES string of the molecule is COc1ccccc1C(=O)c1cc(C)ccc1NC(=O)Nc1nc(CN(C)C)cs1. The first-order valence-electron chi connectivity index (χ1n) is 9.33. The van der Waals surface area contributed by atoms with Crippen molar-refractivity contribution in [2.75, 3.05) is 31.8 Å². The molecular formula is C22H24N4O3S. The Bertz CT molecular complexity index is 1060. The number of rotatable bonds is 7. The van der Waals surface area contributed by atoms with Crippen molar-refractivity contribution in [3.63, 3.8) is 0 Å². The van der Waals surface area contributed by atoms with E-state index in [2.05, 4.69) is 15.6 Å². The third-order valence-electron chi connectivity index (χ3n) is 4.27. The zero-order chi connectivity index (χ0) is 21.7. The highest BCUT2D eigenvalue weighted by Crippen LogP contribution is 2.26. The molecule has 1 heterocycles. The molecule has 0 spiro atoms. The van der Waals surface area contributed by atoms with Crippen LogP contribution in [-0.4, -0.2) is 42.9 Å². The van der Waals surface area contributed by atoms with Crippen molar-refractivity contribution < 1.29 is 14.3 Å². The van der Waals surface area contributed by atoms with Crippen LogP contribution in [0.2, 0.25) is 0 Å². The number of thiazole rings is 1. The zero-order valence-corrected chi connectivity index (χ0v) is 18.2. The fourth-order valence-electron chi connectivity index (χ4n) is 2.94. The molecule has 1 aromatic heterocycles. The second kappa shape index (κ2) is 9.51. The maximum Gasteiger partial charge on any atom is 0.325 e. The number of ether oxygens (including phenoxy) is 1. The van der Waals surface area contributed by atoms with Crippen molar-refractivity contribution in [2.24, 2.45) is 0 Å². The lowest BCUT2D eigenvalue weighted by molar-refractivity contribution is 0.103. The van der Waals surface area contributed by atoms with Gasteiger partial charge in [0, 0.05) is 17.5 Å². The highest BCUT2D eigenvalue weighted by molar-refractivity contribution is 7.13. The summed E-state index contributed by atoms with van der Waals surface area (Å²) in [4.78, 5) is 32.1. The third-order valence-corrected chi connectivity index (χ3v) is 5.08. The van der Waals surface area contributed by atoms with Gasteiger partial charge in [-0.1, -0.05) is 23.8 Å². The lowest BCUT2D eigenvalue weighted by Crippen LogP contribution is -2.21. The van der Waals surface area contributed by atoms with Gasteiger partial charge in [0.15, 0.2) is 10.9 Å². The van der Waals surface area contributed by atoms with Gasteiger partial charge in [-0.05, 0) is 45.3 Å². The van der Waals surface area contributed by atoms with Crippen LogP contribution in [-0.2, 0) is 6.54 Å². The Balaban J connectivity index is 1.80. The fourth-order valence-corrected chi connectivity index (χ4v) is 3.64. The minimum absolute atomic E-state index is 0.228. The summed E-state index contributed by atoms with van der Waals surface area (Å²) in [5, 5.41) is 7.89. The number of hydrogen-bond donors (Lipinski definition) is 2. The summed E-state index contributed by atoms with van der Waals surface area (Å²) in [6.07, 6.45) is 0. The Morgan fingerprint density at radius 1 is 1.10 bits per heavy atom. The number of nitrogens with one attached hydrogen (secondary N) is 2. The number of urea groups is 1. The van der Waals surface area contributed by atoms with E-state index in [1.807, 2.05) is 37.4 Å².